The molecule has 1 aliphatic heterocycles. The summed E-state index contributed by atoms with van der Waals surface area (Å²) < 4.78 is 6.29. The molecule has 1 aliphatic rings. The van der Waals surface area contributed by atoms with Crippen molar-refractivity contribution in [3.8, 4) is 0 Å². The van der Waals surface area contributed by atoms with Crippen LogP contribution in [0, 0.1) is 6.92 Å². The number of carbonyl (C=O) groups is 1. The highest BCUT2D eigenvalue weighted by Gasteiger charge is 2.39. The number of aryl methyl sites for hydroxylation is 1. The first-order valence-corrected chi connectivity index (χ1v) is 7.48. The van der Waals surface area contributed by atoms with E-state index >= 15 is 0 Å². The number of hydrogen-bond donors (Lipinski definition) is 0. The third-order valence-electron chi connectivity index (χ3n) is 3.66. The molecule has 5 heteroatoms. The zero-order valence-electron chi connectivity index (χ0n) is 11.8. The van der Waals surface area contributed by atoms with Crippen molar-refractivity contribution in [1.29, 1.82) is 0 Å². The predicted octanol–water partition coefficient (Wildman–Crippen LogP) is 3.23. The molecule has 0 radical (unpaired) electrons. The van der Waals surface area contributed by atoms with Crippen LogP contribution in [0.2, 0.25) is 0 Å². The minimum absolute atomic E-state index is 0.227. The fourth-order valence-electron chi connectivity index (χ4n) is 2.64. The number of fused-ring (bicyclic) bond motifs is 1. The fraction of sp³-hybridized carbons (Fsp3) is 0.571. The molecule has 1 atom stereocenters. The lowest BCUT2D eigenvalue weighted by Gasteiger charge is -2.25. The van der Waals surface area contributed by atoms with Crippen LogP contribution in [-0.2, 0) is 11.2 Å². The van der Waals surface area contributed by atoms with Gasteiger partial charge in [0.2, 0.25) is 0 Å². The van der Waals surface area contributed by atoms with Gasteiger partial charge in [-0.2, -0.15) is 0 Å². The van der Waals surface area contributed by atoms with Gasteiger partial charge in [-0.1, -0.05) is 20.8 Å². The summed E-state index contributed by atoms with van der Waals surface area (Å²) in [5, 5.41) is 0. The number of cyclic esters (lactones) is 1. The summed E-state index contributed by atoms with van der Waals surface area (Å²) in [6.07, 6.45) is 0.472. The van der Waals surface area contributed by atoms with Gasteiger partial charge in [0.15, 0.2) is 6.23 Å². The van der Waals surface area contributed by atoms with Gasteiger partial charge >= 0.3 is 5.97 Å². The summed E-state index contributed by atoms with van der Waals surface area (Å²) >= 11 is 3.49. The van der Waals surface area contributed by atoms with Gasteiger partial charge in [-0.25, -0.2) is 9.78 Å². The van der Waals surface area contributed by atoms with Gasteiger partial charge in [0.05, 0.1) is 11.1 Å². The maximum Gasteiger partial charge on any atom is 0.340 e. The van der Waals surface area contributed by atoms with Gasteiger partial charge in [0.25, 0.3) is 0 Å². The van der Waals surface area contributed by atoms with Gasteiger partial charge in [0.1, 0.15) is 4.60 Å². The second-order valence-corrected chi connectivity index (χ2v) is 5.34. The summed E-state index contributed by atoms with van der Waals surface area (Å²) in [5.41, 5.74) is 3.48. The largest absolute Gasteiger partial charge is 0.438 e. The van der Waals surface area contributed by atoms with E-state index in [1.807, 2.05) is 13.8 Å². The Morgan fingerprint density at radius 1 is 1.32 bits per heavy atom. The van der Waals surface area contributed by atoms with Crippen molar-refractivity contribution in [2.45, 2.75) is 40.3 Å². The molecule has 0 fully saturated rings. The maximum absolute atomic E-state index is 12.2. The second-order valence-electron chi connectivity index (χ2n) is 4.59. The minimum atomic E-state index is -0.315. The van der Waals surface area contributed by atoms with E-state index in [-0.39, 0.29) is 12.2 Å². The van der Waals surface area contributed by atoms with Crippen molar-refractivity contribution in [2.75, 3.05) is 13.1 Å². The normalized spacial score (nSPS) is 17.8. The summed E-state index contributed by atoms with van der Waals surface area (Å²) in [4.78, 5) is 18.8. The lowest BCUT2D eigenvalue weighted by molar-refractivity contribution is -0.0193. The number of rotatable bonds is 4. The molecule has 1 aromatic heterocycles. The molecule has 0 aliphatic carbocycles. The molecular formula is C14H19BrN2O2. The first-order valence-electron chi connectivity index (χ1n) is 6.68. The highest BCUT2D eigenvalue weighted by atomic mass is 79.9. The number of pyridine rings is 1. The van der Waals surface area contributed by atoms with Crippen LogP contribution in [0.1, 0.15) is 54.2 Å². The van der Waals surface area contributed by atoms with Crippen LogP contribution in [-0.4, -0.2) is 28.9 Å². The number of aromatic nitrogens is 1. The van der Waals surface area contributed by atoms with E-state index in [9.17, 15) is 4.79 Å². The Morgan fingerprint density at radius 3 is 2.47 bits per heavy atom. The van der Waals surface area contributed by atoms with Crippen molar-refractivity contribution >= 4 is 21.9 Å². The van der Waals surface area contributed by atoms with Crippen LogP contribution in [0.15, 0.2) is 4.60 Å². The number of hydrogen-bond acceptors (Lipinski definition) is 4. The molecule has 19 heavy (non-hydrogen) atoms. The smallest absolute Gasteiger partial charge is 0.340 e. The number of ether oxygens (including phenoxy) is 1. The molecular weight excluding hydrogens is 308 g/mol. The molecule has 0 aromatic carbocycles. The summed E-state index contributed by atoms with van der Waals surface area (Å²) in [6, 6.07) is 0. The Labute approximate surface area is 122 Å². The molecule has 0 spiro atoms. The van der Waals surface area contributed by atoms with Crippen LogP contribution < -0.4 is 0 Å². The van der Waals surface area contributed by atoms with Crippen molar-refractivity contribution < 1.29 is 9.53 Å². The standard InChI is InChI=1S/C14H19BrN2O2/c1-5-9-8(4)16-12(15)11-10(9)14(18)19-13(11)17(6-2)7-3/h13H,5-7H2,1-4H3. The average molecular weight is 327 g/mol. The minimum Gasteiger partial charge on any atom is -0.438 e. The first kappa shape index (κ1) is 14.5. The Bertz CT molecular complexity index is 513. The van der Waals surface area contributed by atoms with Gasteiger partial charge in [-0.05, 0) is 47.9 Å². The summed E-state index contributed by atoms with van der Waals surface area (Å²) in [7, 11) is 0. The Morgan fingerprint density at radius 2 is 1.95 bits per heavy atom. The SMILES string of the molecule is CCc1c(C)nc(Br)c2c1C(=O)OC2N(CC)CC. The van der Waals surface area contributed by atoms with Gasteiger partial charge in [0, 0.05) is 5.69 Å². The summed E-state index contributed by atoms with van der Waals surface area (Å²) in [5.74, 6) is -0.227. The van der Waals surface area contributed by atoms with E-state index in [2.05, 4.69) is 39.7 Å². The molecule has 4 nitrogen and oxygen atoms in total. The van der Waals surface area contributed by atoms with E-state index in [4.69, 9.17) is 4.74 Å². The van der Waals surface area contributed by atoms with Gasteiger partial charge < -0.3 is 4.74 Å². The third kappa shape index (κ3) is 2.30. The van der Waals surface area contributed by atoms with Crippen LogP contribution in [0.5, 0.6) is 0 Å². The Hall–Kier alpha value is -0.940. The highest BCUT2D eigenvalue weighted by Crippen LogP contribution is 2.39. The predicted molar refractivity (Wildman–Crippen MR) is 77.1 cm³/mol. The maximum atomic E-state index is 12.2. The first-order chi connectivity index (χ1) is 9.04. The molecule has 2 heterocycles. The molecule has 0 amide bonds. The zero-order chi connectivity index (χ0) is 14.2. The molecule has 1 unspecified atom stereocenters. The number of esters is 1. The van der Waals surface area contributed by atoms with E-state index < -0.39 is 0 Å². The van der Waals surface area contributed by atoms with Crippen LogP contribution in [0.25, 0.3) is 0 Å². The monoisotopic (exact) mass is 326 g/mol. The van der Waals surface area contributed by atoms with Crippen molar-refractivity contribution in [2.24, 2.45) is 0 Å². The second kappa shape index (κ2) is 5.59. The van der Waals surface area contributed by atoms with E-state index in [0.717, 1.165) is 40.9 Å². The molecule has 2 rings (SSSR count). The highest BCUT2D eigenvalue weighted by molar-refractivity contribution is 9.10. The third-order valence-corrected chi connectivity index (χ3v) is 4.27. The van der Waals surface area contributed by atoms with E-state index in [1.165, 1.54) is 0 Å². The van der Waals surface area contributed by atoms with Gasteiger partial charge in [-0.3, -0.25) is 4.90 Å². The van der Waals surface area contributed by atoms with Crippen LogP contribution >= 0.6 is 15.9 Å². The lowest BCUT2D eigenvalue weighted by atomic mass is 10.00. The number of halogens is 1. The van der Waals surface area contributed by atoms with E-state index in [0.29, 0.717) is 5.56 Å². The van der Waals surface area contributed by atoms with Crippen molar-refractivity contribution in [3.05, 3.63) is 27.0 Å². The molecule has 0 saturated carbocycles. The summed E-state index contributed by atoms with van der Waals surface area (Å²) in [6.45, 7) is 9.75. The fourth-order valence-corrected chi connectivity index (χ4v) is 3.30. The van der Waals surface area contributed by atoms with Crippen LogP contribution in [0.3, 0.4) is 0 Å². The molecule has 104 valence electrons. The van der Waals surface area contributed by atoms with Gasteiger partial charge in [-0.15, -0.1) is 0 Å². The average Bonchev–Trinajstić information content (AvgIpc) is 2.70. The number of carbonyl (C=O) groups excluding carboxylic acids is 1. The lowest BCUT2D eigenvalue weighted by Crippen LogP contribution is -2.28. The van der Waals surface area contributed by atoms with Crippen molar-refractivity contribution in [3.63, 3.8) is 0 Å². The Kier molecular flexibility index (Phi) is 4.26. The Balaban J connectivity index is 2.61. The number of nitrogens with zero attached hydrogens (tertiary/aromatic N) is 2. The topological polar surface area (TPSA) is 42.4 Å². The quantitative estimate of drug-likeness (QED) is 0.629. The molecule has 1 aromatic rings. The molecule has 0 saturated heterocycles. The van der Waals surface area contributed by atoms with Crippen LogP contribution in [0.4, 0.5) is 0 Å². The van der Waals surface area contributed by atoms with E-state index in [1.54, 1.807) is 0 Å². The van der Waals surface area contributed by atoms with Crippen molar-refractivity contribution in [1.82, 2.24) is 9.88 Å². The molecule has 0 N–H and O–H groups in total. The molecule has 0 bridgehead atoms. The zero-order valence-corrected chi connectivity index (χ0v) is 13.4.